The highest BCUT2D eigenvalue weighted by atomic mass is 79.9. The average Bonchev–Trinajstić information content (AvgIpc) is 2.77. The summed E-state index contributed by atoms with van der Waals surface area (Å²) in [5.74, 6) is 0. The molecule has 2 aromatic rings. The lowest BCUT2D eigenvalue weighted by Crippen LogP contribution is -2.08. The van der Waals surface area contributed by atoms with E-state index in [4.69, 9.17) is 11.6 Å². The molecule has 0 aliphatic rings. The minimum Gasteiger partial charge on any atom is -0.239 e. The van der Waals surface area contributed by atoms with Crippen LogP contribution in [0.25, 0.3) is 5.69 Å². The van der Waals surface area contributed by atoms with Crippen LogP contribution in [0, 0.1) is 0 Å². The van der Waals surface area contributed by atoms with Gasteiger partial charge in [-0.05, 0) is 17.7 Å². The van der Waals surface area contributed by atoms with E-state index < -0.39 is 11.9 Å². The second kappa shape index (κ2) is 4.93. The van der Waals surface area contributed by atoms with Crippen LogP contribution < -0.4 is 0 Å². The lowest BCUT2D eigenvalue weighted by atomic mass is 10.2. The molecule has 0 radical (unpaired) electrons. The predicted octanol–water partition coefficient (Wildman–Crippen LogP) is 4.44. The van der Waals surface area contributed by atoms with Gasteiger partial charge in [-0.15, -0.1) is 0 Å². The van der Waals surface area contributed by atoms with Gasteiger partial charge >= 0.3 is 6.18 Å². The minimum atomic E-state index is -4.46. The largest absolute Gasteiger partial charge is 0.435 e. The van der Waals surface area contributed by atoms with Crippen molar-refractivity contribution in [2.24, 2.45) is 0 Å². The van der Waals surface area contributed by atoms with E-state index in [2.05, 4.69) is 21.0 Å². The number of rotatable bonds is 2. The van der Waals surface area contributed by atoms with Crippen molar-refractivity contribution in [3.63, 3.8) is 0 Å². The van der Waals surface area contributed by atoms with Crippen molar-refractivity contribution in [1.82, 2.24) is 9.78 Å². The van der Waals surface area contributed by atoms with E-state index in [0.717, 1.165) is 16.3 Å². The third-order valence-corrected chi connectivity index (χ3v) is 3.23. The molecular formula is C11H7BrClF3N2. The molecule has 0 aliphatic carbocycles. The van der Waals surface area contributed by atoms with Gasteiger partial charge in [-0.1, -0.05) is 39.7 Å². The Bertz CT molecular complexity index is 566. The van der Waals surface area contributed by atoms with Gasteiger partial charge in [-0.3, -0.25) is 0 Å². The Morgan fingerprint density at radius 3 is 2.56 bits per heavy atom. The van der Waals surface area contributed by atoms with Crippen molar-refractivity contribution in [2.45, 2.75) is 11.5 Å². The van der Waals surface area contributed by atoms with Gasteiger partial charge in [0.05, 0.1) is 10.7 Å². The maximum absolute atomic E-state index is 12.5. The second-order valence-electron chi connectivity index (χ2n) is 3.52. The highest BCUT2D eigenvalue weighted by Crippen LogP contribution is 2.30. The first-order valence-electron chi connectivity index (χ1n) is 4.90. The Kier molecular flexibility index (Phi) is 3.68. The fourth-order valence-corrected chi connectivity index (χ4v) is 2.26. The van der Waals surface area contributed by atoms with Crippen LogP contribution >= 0.6 is 27.5 Å². The molecule has 1 aromatic heterocycles. The van der Waals surface area contributed by atoms with Gasteiger partial charge in [0.25, 0.3) is 0 Å². The maximum atomic E-state index is 12.5. The van der Waals surface area contributed by atoms with Crippen LogP contribution in [0.3, 0.4) is 0 Å². The van der Waals surface area contributed by atoms with E-state index >= 15 is 0 Å². The van der Waals surface area contributed by atoms with Crippen molar-refractivity contribution in [3.8, 4) is 5.69 Å². The molecule has 0 bridgehead atoms. The van der Waals surface area contributed by atoms with Crippen molar-refractivity contribution in [3.05, 3.63) is 46.7 Å². The predicted molar refractivity (Wildman–Crippen MR) is 66.2 cm³/mol. The number of benzene rings is 1. The van der Waals surface area contributed by atoms with Crippen LogP contribution in [0.4, 0.5) is 13.2 Å². The molecule has 1 heterocycles. The Labute approximate surface area is 114 Å². The Morgan fingerprint density at radius 1 is 1.28 bits per heavy atom. The lowest BCUT2D eigenvalue weighted by molar-refractivity contribution is -0.141. The number of halogens is 5. The van der Waals surface area contributed by atoms with Crippen molar-refractivity contribution in [2.75, 3.05) is 0 Å². The van der Waals surface area contributed by atoms with Crippen LogP contribution in [0.2, 0.25) is 5.02 Å². The first-order valence-corrected chi connectivity index (χ1v) is 6.40. The summed E-state index contributed by atoms with van der Waals surface area (Å²) in [4.78, 5) is 0. The van der Waals surface area contributed by atoms with Crippen LogP contribution in [0.5, 0.6) is 0 Å². The van der Waals surface area contributed by atoms with Crippen LogP contribution in [0.15, 0.2) is 30.5 Å². The SMILES string of the molecule is FC(F)(F)c1ccn(-c2c(Cl)cccc2CBr)n1. The Hall–Kier alpha value is -1.01. The molecule has 96 valence electrons. The number of nitrogens with zero attached hydrogens (tertiary/aromatic N) is 2. The molecule has 0 saturated heterocycles. The summed E-state index contributed by atoms with van der Waals surface area (Å²) in [5, 5.41) is 4.33. The van der Waals surface area contributed by atoms with Crippen molar-refractivity contribution >= 4 is 27.5 Å². The Balaban J connectivity index is 2.53. The van der Waals surface area contributed by atoms with Crippen molar-refractivity contribution in [1.29, 1.82) is 0 Å². The molecule has 0 spiro atoms. The molecule has 0 N–H and O–H groups in total. The molecule has 0 unspecified atom stereocenters. The Morgan fingerprint density at radius 2 is 2.00 bits per heavy atom. The zero-order valence-electron chi connectivity index (χ0n) is 8.88. The smallest absolute Gasteiger partial charge is 0.239 e. The zero-order valence-corrected chi connectivity index (χ0v) is 11.2. The first kappa shape index (κ1) is 13.4. The standard InChI is InChI=1S/C11H7BrClF3N2/c12-6-7-2-1-3-8(13)10(7)18-5-4-9(17-18)11(14,15)16/h1-5H,6H2. The fourth-order valence-electron chi connectivity index (χ4n) is 1.52. The quantitative estimate of drug-likeness (QED) is 0.740. The topological polar surface area (TPSA) is 17.8 Å². The molecule has 0 amide bonds. The monoisotopic (exact) mass is 338 g/mol. The molecule has 1 aromatic carbocycles. The van der Waals surface area contributed by atoms with Crippen LogP contribution in [-0.2, 0) is 11.5 Å². The number of hydrogen-bond acceptors (Lipinski definition) is 1. The first-order chi connectivity index (χ1) is 8.43. The molecule has 7 heteroatoms. The van der Waals surface area contributed by atoms with Gasteiger partial charge in [-0.2, -0.15) is 18.3 Å². The number of aromatic nitrogens is 2. The summed E-state index contributed by atoms with van der Waals surface area (Å²) >= 11 is 9.27. The molecule has 0 fully saturated rings. The summed E-state index contributed by atoms with van der Waals surface area (Å²) in [6, 6.07) is 6.03. The fraction of sp³-hybridized carbons (Fsp3) is 0.182. The summed E-state index contributed by atoms with van der Waals surface area (Å²) in [6.07, 6.45) is -3.21. The third-order valence-electron chi connectivity index (χ3n) is 2.32. The van der Waals surface area contributed by atoms with Gasteiger partial charge in [0.1, 0.15) is 0 Å². The molecule has 2 nitrogen and oxygen atoms in total. The molecule has 0 aliphatic heterocycles. The summed E-state index contributed by atoms with van der Waals surface area (Å²) in [7, 11) is 0. The summed E-state index contributed by atoms with van der Waals surface area (Å²) in [5.41, 5.74) is 0.272. The van der Waals surface area contributed by atoms with Crippen LogP contribution in [0.1, 0.15) is 11.3 Å². The van der Waals surface area contributed by atoms with Crippen molar-refractivity contribution < 1.29 is 13.2 Å². The van der Waals surface area contributed by atoms with Gasteiger partial charge < -0.3 is 0 Å². The van der Waals surface area contributed by atoms with Gasteiger partial charge in [0.15, 0.2) is 5.69 Å². The highest BCUT2D eigenvalue weighted by Gasteiger charge is 2.33. The van der Waals surface area contributed by atoms with Gasteiger partial charge in [-0.25, -0.2) is 4.68 Å². The normalized spacial score (nSPS) is 11.8. The third kappa shape index (κ3) is 2.54. The van der Waals surface area contributed by atoms with E-state index in [0.29, 0.717) is 16.0 Å². The van der Waals surface area contributed by atoms with Crippen LogP contribution in [-0.4, -0.2) is 9.78 Å². The number of hydrogen-bond donors (Lipinski definition) is 0. The molecular weight excluding hydrogens is 332 g/mol. The van der Waals surface area contributed by atoms with E-state index in [9.17, 15) is 13.2 Å². The molecule has 2 rings (SSSR count). The molecule has 0 atom stereocenters. The average molecular weight is 340 g/mol. The summed E-state index contributed by atoms with van der Waals surface area (Å²) < 4.78 is 38.6. The maximum Gasteiger partial charge on any atom is 0.435 e. The zero-order chi connectivity index (χ0) is 13.3. The second-order valence-corrected chi connectivity index (χ2v) is 4.49. The molecule has 18 heavy (non-hydrogen) atoms. The number of para-hydroxylation sites is 1. The van der Waals surface area contributed by atoms with E-state index in [1.807, 2.05) is 0 Å². The summed E-state index contributed by atoms with van der Waals surface area (Å²) in [6.45, 7) is 0. The highest BCUT2D eigenvalue weighted by molar-refractivity contribution is 9.08. The van der Waals surface area contributed by atoms with Gasteiger partial charge in [0, 0.05) is 11.5 Å². The minimum absolute atomic E-state index is 0.351. The number of alkyl halides is 4. The van der Waals surface area contributed by atoms with E-state index in [1.165, 1.54) is 6.20 Å². The van der Waals surface area contributed by atoms with Gasteiger partial charge in [0.2, 0.25) is 0 Å². The van der Waals surface area contributed by atoms with E-state index in [1.54, 1.807) is 18.2 Å². The lowest BCUT2D eigenvalue weighted by Gasteiger charge is -2.09. The van der Waals surface area contributed by atoms with E-state index in [-0.39, 0.29) is 0 Å². The molecule has 0 saturated carbocycles.